The summed E-state index contributed by atoms with van der Waals surface area (Å²) in [6, 6.07) is 32.6. The zero-order valence-corrected chi connectivity index (χ0v) is 19.3. The van der Waals surface area contributed by atoms with E-state index in [2.05, 4.69) is 124 Å². The molecule has 0 aliphatic carbocycles. The van der Waals surface area contributed by atoms with Gasteiger partial charge in [-0.25, -0.2) is 0 Å². The molecule has 0 aliphatic heterocycles. The summed E-state index contributed by atoms with van der Waals surface area (Å²) >= 11 is 0. The first-order chi connectivity index (χ1) is 14.5. The molecule has 0 aromatic heterocycles. The lowest BCUT2D eigenvalue weighted by atomic mass is 10.4. The lowest BCUT2D eigenvalue weighted by Crippen LogP contribution is -2.30. The Kier molecular flexibility index (Phi) is 8.10. The van der Waals surface area contributed by atoms with E-state index in [9.17, 15) is 0 Å². The molecule has 0 heterocycles. The van der Waals surface area contributed by atoms with Crippen LogP contribution in [0.2, 0.25) is 0 Å². The molecule has 158 valence electrons. The predicted octanol–water partition coefficient (Wildman–Crippen LogP) is 5.35. The van der Waals surface area contributed by atoms with Crippen LogP contribution in [0, 0.1) is 0 Å². The van der Waals surface area contributed by atoms with Gasteiger partial charge in [0.15, 0.2) is 6.29 Å². The molecule has 3 aromatic rings. The van der Waals surface area contributed by atoms with Crippen LogP contribution in [0.4, 0.5) is 0 Å². The van der Waals surface area contributed by atoms with Gasteiger partial charge in [0, 0.05) is 6.42 Å². The van der Waals surface area contributed by atoms with Gasteiger partial charge in [0.25, 0.3) is 0 Å². The molecule has 30 heavy (non-hydrogen) atoms. The molecular weight excluding hydrogens is 387 g/mol. The minimum Gasteiger partial charge on any atom is -0.350 e. The number of hydrogen-bond donors (Lipinski definition) is 0. The van der Waals surface area contributed by atoms with E-state index in [1.807, 2.05) is 0 Å². The lowest BCUT2D eigenvalue weighted by molar-refractivity contribution is -0.175. The highest BCUT2D eigenvalue weighted by Gasteiger charge is 2.25. The molecule has 0 radical (unpaired) electrons. The second-order valence-corrected chi connectivity index (χ2v) is 11.3. The Morgan fingerprint density at radius 2 is 0.933 bits per heavy atom. The van der Waals surface area contributed by atoms with Crippen molar-refractivity contribution in [2.45, 2.75) is 52.6 Å². The van der Waals surface area contributed by atoms with Gasteiger partial charge in [-0.05, 0) is 50.5 Å². The van der Waals surface area contributed by atoms with Gasteiger partial charge >= 0.3 is 0 Å². The SMILES string of the molecule is CC(C)OC(CC=P(c1ccccc1)(c1ccccc1)c1ccccc1)OC(C)C. The Balaban J connectivity index is 2.21. The van der Waals surface area contributed by atoms with Crippen molar-refractivity contribution >= 4 is 28.6 Å². The third-order valence-electron chi connectivity index (χ3n) is 4.91. The Hall–Kier alpha value is -2.12. The molecule has 2 nitrogen and oxygen atoms in total. The molecule has 0 bridgehead atoms. The third kappa shape index (κ3) is 5.52. The highest BCUT2D eigenvalue weighted by Crippen LogP contribution is 2.44. The molecule has 3 heteroatoms. The van der Waals surface area contributed by atoms with Crippen molar-refractivity contribution in [1.29, 1.82) is 0 Å². The maximum Gasteiger partial charge on any atom is 0.161 e. The van der Waals surface area contributed by atoms with Gasteiger partial charge < -0.3 is 9.47 Å². The first kappa shape index (κ1) is 22.6. The van der Waals surface area contributed by atoms with Crippen LogP contribution in [0.3, 0.4) is 0 Å². The molecule has 0 N–H and O–H groups in total. The monoisotopic (exact) mass is 420 g/mol. The highest BCUT2D eigenvalue weighted by atomic mass is 31.2. The number of ether oxygens (including phenoxy) is 2. The molecule has 3 aromatic carbocycles. The van der Waals surface area contributed by atoms with E-state index in [1.165, 1.54) is 15.9 Å². The molecule has 0 spiro atoms. The molecule has 0 fully saturated rings. The number of hydrogen-bond acceptors (Lipinski definition) is 2. The molecule has 0 atom stereocenters. The fraction of sp³-hybridized carbons (Fsp3) is 0.296. The first-order valence-electron chi connectivity index (χ1n) is 10.7. The number of rotatable bonds is 9. The minimum atomic E-state index is -1.98. The molecule has 0 saturated heterocycles. The van der Waals surface area contributed by atoms with Crippen molar-refractivity contribution in [2.75, 3.05) is 0 Å². The van der Waals surface area contributed by atoms with E-state index < -0.39 is 6.89 Å². The van der Waals surface area contributed by atoms with Crippen molar-refractivity contribution in [3.05, 3.63) is 91.0 Å². The first-order valence-corrected chi connectivity index (χ1v) is 12.6. The fourth-order valence-corrected chi connectivity index (χ4v) is 7.69. The van der Waals surface area contributed by atoms with E-state index in [1.54, 1.807) is 0 Å². The Morgan fingerprint density at radius 1 is 0.600 bits per heavy atom. The van der Waals surface area contributed by atoms with Gasteiger partial charge in [-0.2, -0.15) is 0 Å². The van der Waals surface area contributed by atoms with Crippen LogP contribution in [0.15, 0.2) is 91.0 Å². The van der Waals surface area contributed by atoms with Crippen LogP contribution in [0.5, 0.6) is 0 Å². The predicted molar refractivity (Wildman–Crippen MR) is 132 cm³/mol. The lowest BCUT2D eigenvalue weighted by Gasteiger charge is -2.30. The summed E-state index contributed by atoms with van der Waals surface area (Å²) in [5.41, 5.74) is 0. The normalized spacial score (nSPS) is 12.0. The zero-order valence-electron chi connectivity index (χ0n) is 18.4. The van der Waals surface area contributed by atoms with Gasteiger partial charge in [0.1, 0.15) is 0 Å². The van der Waals surface area contributed by atoms with Crippen LogP contribution in [-0.4, -0.2) is 24.3 Å². The molecule has 0 unspecified atom stereocenters. The van der Waals surface area contributed by atoms with E-state index in [-0.39, 0.29) is 18.5 Å². The van der Waals surface area contributed by atoms with Crippen molar-refractivity contribution < 1.29 is 9.47 Å². The maximum atomic E-state index is 6.13. The zero-order chi connectivity index (χ0) is 21.4. The van der Waals surface area contributed by atoms with E-state index in [4.69, 9.17) is 9.47 Å². The van der Waals surface area contributed by atoms with E-state index in [0.717, 1.165) is 6.42 Å². The maximum absolute atomic E-state index is 6.13. The average molecular weight is 421 g/mol. The quantitative estimate of drug-likeness (QED) is 0.343. The van der Waals surface area contributed by atoms with Gasteiger partial charge in [-0.1, -0.05) is 96.8 Å². The van der Waals surface area contributed by atoms with Crippen molar-refractivity contribution in [1.82, 2.24) is 0 Å². The summed E-state index contributed by atoms with van der Waals surface area (Å²) in [5.74, 6) is 2.47. The van der Waals surface area contributed by atoms with Crippen molar-refractivity contribution in [3.8, 4) is 0 Å². The van der Waals surface area contributed by atoms with Crippen molar-refractivity contribution in [2.24, 2.45) is 0 Å². The van der Waals surface area contributed by atoms with E-state index >= 15 is 0 Å². The van der Waals surface area contributed by atoms with Crippen LogP contribution >= 0.6 is 6.89 Å². The summed E-state index contributed by atoms with van der Waals surface area (Å²) in [6.45, 7) is 6.26. The van der Waals surface area contributed by atoms with Crippen LogP contribution in [0.1, 0.15) is 34.1 Å². The third-order valence-corrected chi connectivity index (χ3v) is 9.01. The summed E-state index contributed by atoms with van der Waals surface area (Å²) in [6.07, 6.45) is 0.684. The average Bonchev–Trinajstić information content (AvgIpc) is 2.75. The highest BCUT2D eigenvalue weighted by molar-refractivity contribution is 7.94. The number of benzene rings is 3. The Morgan fingerprint density at radius 3 is 1.23 bits per heavy atom. The van der Waals surface area contributed by atoms with Crippen LogP contribution in [-0.2, 0) is 9.47 Å². The molecule has 3 rings (SSSR count). The van der Waals surface area contributed by atoms with Gasteiger partial charge in [0.05, 0.1) is 12.2 Å². The summed E-state index contributed by atoms with van der Waals surface area (Å²) in [4.78, 5) is 0. The van der Waals surface area contributed by atoms with Crippen molar-refractivity contribution in [3.63, 3.8) is 0 Å². The van der Waals surface area contributed by atoms with Gasteiger partial charge in [-0.3, -0.25) is 0 Å². The van der Waals surface area contributed by atoms with Crippen LogP contribution < -0.4 is 15.9 Å². The smallest absolute Gasteiger partial charge is 0.161 e. The topological polar surface area (TPSA) is 18.5 Å². The Bertz CT molecular complexity index is 821. The molecular formula is C27H33O2P. The van der Waals surface area contributed by atoms with Gasteiger partial charge in [0.2, 0.25) is 0 Å². The summed E-state index contributed by atoms with van der Waals surface area (Å²) in [5, 5.41) is 4.03. The van der Waals surface area contributed by atoms with E-state index in [0.29, 0.717) is 0 Å². The second kappa shape index (κ2) is 10.8. The largest absolute Gasteiger partial charge is 0.350 e. The van der Waals surface area contributed by atoms with Crippen LogP contribution in [0.25, 0.3) is 0 Å². The Labute approximate surface area is 181 Å². The fourth-order valence-electron chi connectivity index (χ4n) is 3.75. The summed E-state index contributed by atoms with van der Waals surface area (Å²) in [7, 11) is 0. The molecule has 0 aliphatic rings. The molecule has 0 saturated carbocycles. The minimum absolute atomic E-state index is 0.111. The van der Waals surface area contributed by atoms with Gasteiger partial charge in [-0.15, -0.1) is 0 Å². The summed E-state index contributed by atoms with van der Waals surface area (Å²) < 4.78 is 12.3. The standard InChI is InChI=1S/C27H33O2P/c1-22(2)28-27(29-23(3)4)20-21-30(24-14-8-5-9-15-24,25-16-10-6-11-17-25)26-18-12-7-13-19-26/h5-19,21-23,27H,20H2,1-4H3. The molecule has 0 amide bonds. The second-order valence-electron chi connectivity index (χ2n) is 7.95.